The Balaban J connectivity index is 1.81. The van der Waals surface area contributed by atoms with Crippen molar-refractivity contribution in [3.63, 3.8) is 0 Å². The van der Waals surface area contributed by atoms with Crippen LogP contribution in [0.1, 0.15) is 43.7 Å². The molecule has 0 aliphatic heterocycles. The van der Waals surface area contributed by atoms with Gasteiger partial charge in [-0.1, -0.05) is 67.6 Å². The summed E-state index contributed by atoms with van der Waals surface area (Å²) in [7, 11) is 0. The van der Waals surface area contributed by atoms with Crippen molar-refractivity contribution in [2.24, 2.45) is 5.41 Å². The number of nitrogens with one attached hydrogen (secondary N) is 1. The van der Waals surface area contributed by atoms with Crippen molar-refractivity contribution in [1.29, 1.82) is 0 Å². The molecule has 110 valence electrons. The summed E-state index contributed by atoms with van der Waals surface area (Å²) in [5.74, 6) is 0.412. The molecule has 2 aromatic carbocycles. The molecular weight excluding hydrogens is 254 g/mol. The Kier molecular flexibility index (Phi) is 4.12. The maximum atomic E-state index is 3.78. The van der Waals surface area contributed by atoms with Crippen LogP contribution in [0.5, 0.6) is 0 Å². The highest BCUT2D eigenvalue weighted by Crippen LogP contribution is 2.44. The first kappa shape index (κ1) is 14.3. The zero-order valence-corrected chi connectivity index (χ0v) is 13.0. The van der Waals surface area contributed by atoms with Gasteiger partial charge in [0.1, 0.15) is 0 Å². The molecule has 0 aromatic heterocycles. The third-order valence-electron chi connectivity index (χ3n) is 4.77. The largest absolute Gasteiger partial charge is 0.313 e. The maximum absolute atomic E-state index is 3.78. The number of hydrogen-bond acceptors (Lipinski definition) is 1. The molecule has 0 bridgehead atoms. The van der Waals surface area contributed by atoms with Crippen LogP contribution in [0.3, 0.4) is 0 Å². The van der Waals surface area contributed by atoms with Crippen molar-refractivity contribution in [3.05, 3.63) is 71.8 Å². The van der Waals surface area contributed by atoms with E-state index >= 15 is 0 Å². The van der Waals surface area contributed by atoms with E-state index in [1.54, 1.807) is 0 Å². The van der Waals surface area contributed by atoms with Crippen molar-refractivity contribution in [2.75, 3.05) is 6.54 Å². The van der Waals surface area contributed by atoms with Gasteiger partial charge in [0.2, 0.25) is 0 Å². The average Bonchev–Trinajstić information content (AvgIpc) is 3.26. The molecule has 1 aliphatic rings. The van der Waals surface area contributed by atoms with Crippen LogP contribution in [0.25, 0.3) is 0 Å². The third-order valence-corrected chi connectivity index (χ3v) is 4.77. The van der Waals surface area contributed by atoms with Gasteiger partial charge in [-0.3, -0.25) is 0 Å². The fourth-order valence-corrected chi connectivity index (χ4v) is 3.01. The Morgan fingerprint density at radius 3 is 1.81 bits per heavy atom. The van der Waals surface area contributed by atoms with Crippen LogP contribution >= 0.6 is 0 Å². The van der Waals surface area contributed by atoms with E-state index in [4.69, 9.17) is 0 Å². The molecular formula is C20H25N. The lowest BCUT2D eigenvalue weighted by molar-refractivity contribution is 0.426. The second kappa shape index (κ2) is 6.03. The molecule has 0 amide bonds. The first-order valence-corrected chi connectivity index (χ1v) is 8.01. The minimum Gasteiger partial charge on any atom is -0.313 e. The van der Waals surface area contributed by atoms with E-state index in [2.05, 4.69) is 79.8 Å². The van der Waals surface area contributed by atoms with Gasteiger partial charge in [-0.25, -0.2) is 0 Å². The quantitative estimate of drug-likeness (QED) is 0.815. The normalized spacial score (nSPS) is 17.7. The molecule has 1 unspecified atom stereocenters. The van der Waals surface area contributed by atoms with Crippen molar-refractivity contribution >= 4 is 0 Å². The van der Waals surface area contributed by atoms with Gasteiger partial charge >= 0.3 is 0 Å². The lowest BCUT2D eigenvalue weighted by atomic mass is 9.85. The van der Waals surface area contributed by atoms with E-state index in [9.17, 15) is 0 Å². The van der Waals surface area contributed by atoms with Crippen LogP contribution in [-0.2, 0) is 0 Å². The second-order valence-corrected chi connectivity index (χ2v) is 6.78. The van der Waals surface area contributed by atoms with Crippen LogP contribution in [0, 0.1) is 5.41 Å². The molecule has 0 heterocycles. The molecule has 21 heavy (non-hydrogen) atoms. The Morgan fingerprint density at radius 2 is 1.38 bits per heavy atom. The summed E-state index contributed by atoms with van der Waals surface area (Å²) in [6.07, 6.45) is 2.74. The lowest BCUT2D eigenvalue weighted by Gasteiger charge is -2.27. The van der Waals surface area contributed by atoms with Gasteiger partial charge < -0.3 is 5.32 Å². The van der Waals surface area contributed by atoms with Crippen LogP contribution in [0.15, 0.2) is 60.7 Å². The van der Waals surface area contributed by atoms with Gasteiger partial charge in [-0.2, -0.15) is 0 Å². The summed E-state index contributed by atoms with van der Waals surface area (Å²) < 4.78 is 0. The molecule has 0 radical (unpaired) electrons. The predicted molar refractivity (Wildman–Crippen MR) is 89.5 cm³/mol. The van der Waals surface area contributed by atoms with Crippen molar-refractivity contribution < 1.29 is 0 Å². The fourth-order valence-electron chi connectivity index (χ4n) is 3.01. The van der Waals surface area contributed by atoms with Crippen LogP contribution < -0.4 is 5.32 Å². The summed E-state index contributed by atoms with van der Waals surface area (Å²) >= 11 is 0. The number of rotatable bonds is 6. The van der Waals surface area contributed by atoms with E-state index in [-0.39, 0.29) is 0 Å². The third kappa shape index (κ3) is 3.54. The van der Waals surface area contributed by atoms with Gasteiger partial charge in [0, 0.05) is 18.5 Å². The van der Waals surface area contributed by atoms with Crippen LogP contribution in [0.2, 0.25) is 0 Å². The summed E-state index contributed by atoms with van der Waals surface area (Å²) in [5.41, 5.74) is 3.33. The van der Waals surface area contributed by atoms with Gasteiger partial charge in [0.05, 0.1) is 0 Å². The molecule has 1 nitrogen and oxygen atoms in total. The molecule has 0 saturated heterocycles. The van der Waals surface area contributed by atoms with Crippen molar-refractivity contribution in [1.82, 2.24) is 5.32 Å². The highest BCUT2D eigenvalue weighted by Gasteiger charge is 2.37. The Hall–Kier alpha value is -1.60. The minimum atomic E-state index is 0.412. The first-order chi connectivity index (χ1) is 10.2. The zero-order valence-electron chi connectivity index (χ0n) is 13.0. The Bertz CT molecular complexity index is 517. The molecule has 2 aromatic rings. The van der Waals surface area contributed by atoms with Crippen LogP contribution in [0.4, 0.5) is 0 Å². The zero-order chi connectivity index (χ0) is 14.7. The maximum Gasteiger partial charge on any atom is 0.0240 e. The van der Waals surface area contributed by atoms with Gasteiger partial charge in [-0.05, 0) is 36.3 Å². The standard InChI is InChI=1S/C20H25N/c1-16(21-15-20(2)13-14-20)19(17-9-5-3-6-10-17)18-11-7-4-8-12-18/h3-12,16,19,21H,13-15H2,1-2H3. The van der Waals surface area contributed by atoms with Crippen molar-refractivity contribution in [3.8, 4) is 0 Å². The van der Waals surface area contributed by atoms with E-state index in [0.717, 1.165) is 6.54 Å². The molecule has 1 N–H and O–H groups in total. The summed E-state index contributed by atoms with van der Waals surface area (Å²) in [6.45, 7) is 5.83. The topological polar surface area (TPSA) is 12.0 Å². The fraction of sp³-hybridized carbons (Fsp3) is 0.400. The summed E-state index contributed by atoms with van der Waals surface area (Å²) in [4.78, 5) is 0. The predicted octanol–water partition coefficient (Wildman–Crippen LogP) is 4.60. The van der Waals surface area contributed by atoms with Gasteiger partial charge in [0.15, 0.2) is 0 Å². The Labute approximate surface area is 128 Å². The number of benzene rings is 2. The molecule has 1 saturated carbocycles. The van der Waals surface area contributed by atoms with Crippen LogP contribution in [-0.4, -0.2) is 12.6 Å². The molecule has 1 heteroatoms. The van der Waals surface area contributed by atoms with E-state index in [0.29, 0.717) is 17.4 Å². The van der Waals surface area contributed by atoms with Gasteiger partial charge in [-0.15, -0.1) is 0 Å². The molecule has 1 fully saturated rings. The van der Waals surface area contributed by atoms with Gasteiger partial charge in [0.25, 0.3) is 0 Å². The summed E-state index contributed by atoms with van der Waals surface area (Å²) in [6, 6.07) is 22.2. The highest BCUT2D eigenvalue weighted by molar-refractivity contribution is 5.34. The molecule has 0 spiro atoms. The molecule has 1 aliphatic carbocycles. The summed E-state index contributed by atoms with van der Waals surface area (Å²) in [5, 5.41) is 3.78. The SMILES string of the molecule is CC(NCC1(C)CC1)C(c1ccccc1)c1ccccc1. The smallest absolute Gasteiger partial charge is 0.0240 e. The van der Waals surface area contributed by atoms with E-state index in [1.807, 2.05) is 0 Å². The second-order valence-electron chi connectivity index (χ2n) is 6.78. The monoisotopic (exact) mass is 279 g/mol. The average molecular weight is 279 g/mol. The first-order valence-electron chi connectivity index (χ1n) is 8.01. The Morgan fingerprint density at radius 1 is 0.905 bits per heavy atom. The van der Waals surface area contributed by atoms with E-state index < -0.39 is 0 Å². The number of hydrogen-bond donors (Lipinski definition) is 1. The highest BCUT2D eigenvalue weighted by atomic mass is 14.9. The molecule has 3 rings (SSSR count). The minimum absolute atomic E-state index is 0.412. The lowest BCUT2D eigenvalue weighted by Crippen LogP contribution is -2.36. The van der Waals surface area contributed by atoms with E-state index in [1.165, 1.54) is 24.0 Å². The molecule has 1 atom stereocenters. The van der Waals surface area contributed by atoms with Crippen molar-refractivity contribution in [2.45, 2.75) is 38.6 Å².